The van der Waals surface area contributed by atoms with Crippen molar-refractivity contribution in [2.45, 2.75) is 0 Å². The smallest absolute Gasteiger partial charge is 0.161 e. The number of rotatable bonds is 4. The van der Waals surface area contributed by atoms with Crippen LogP contribution in [0.25, 0.3) is 122 Å². The average Bonchev–Trinajstić information content (AvgIpc) is 3.79. The Hall–Kier alpha value is -7.36. The fourth-order valence-corrected chi connectivity index (χ4v) is 8.99. The van der Waals surface area contributed by atoms with Crippen molar-refractivity contribution < 1.29 is 4.42 Å². The molecule has 254 valence electrons. The van der Waals surface area contributed by atoms with Gasteiger partial charge in [-0.1, -0.05) is 158 Å². The number of hydrogen-bond acceptors (Lipinski definition) is 3. The van der Waals surface area contributed by atoms with Crippen molar-refractivity contribution >= 4 is 54.3 Å². The van der Waals surface area contributed by atoms with Crippen LogP contribution in [0.5, 0.6) is 0 Å². The molecule has 0 bridgehead atoms. The second kappa shape index (κ2) is 11.6. The van der Waals surface area contributed by atoms with Gasteiger partial charge in [0.1, 0.15) is 11.2 Å². The third kappa shape index (κ3) is 4.50. The number of fused-ring (bicyclic) bond motifs is 9. The molecule has 0 radical (unpaired) electrons. The fourth-order valence-electron chi connectivity index (χ4n) is 8.99. The molecular weight excluding hydrogens is 669 g/mol. The minimum absolute atomic E-state index is 0.703. The molecule has 55 heavy (non-hydrogen) atoms. The van der Waals surface area contributed by atoms with E-state index in [1.165, 1.54) is 43.8 Å². The zero-order chi connectivity index (χ0) is 36.0. The van der Waals surface area contributed by atoms with Gasteiger partial charge >= 0.3 is 0 Å². The molecule has 0 N–H and O–H groups in total. The van der Waals surface area contributed by atoms with Crippen molar-refractivity contribution in [3.63, 3.8) is 0 Å². The summed E-state index contributed by atoms with van der Waals surface area (Å²) in [5.74, 6) is 0.703. The first-order chi connectivity index (χ1) is 27.3. The number of nitrogens with zero attached hydrogens (tertiary/aromatic N) is 2. The second-order valence-electron chi connectivity index (χ2n) is 14.5. The van der Waals surface area contributed by atoms with Gasteiger partial charge < -0.3 is 4.42 Å². The first kappa shape index (κ1) is 30.1. The van der Waals surface area contributed by atoms with E-state index < -0.39 is 0 Å². The molecule has 11 aromatic rings. The maximum atomic E-state index is 6.63. The van der Waals surface area contributed by atoms with Gasteiger partial charge in [0.25, 0.3) is 0 Å². The first-order valence-corrected chi connectivity index (χ1v) is 18.7. The van der Waals surface area contributed by atoms with E-state index in [4.69, 9.17) is 14.4 Å². The fraction of sp³-hybridized carbons (Fsp3) is 0. The van der Waals surface area contributed by atoms with Crippen LogP contribution in [0.3, 0.4) is 0 Å². The third-order valence-electron chi connectivity index (χ3n) is 11.4. The molecule has 0 fully saturated rings. The number of hydrogen-bond donors (Lipinski definition) is 0. The Morgan fingerprint density at radius 3 is 1.67 bits per heavy atom. The summed E-state index contributed by atoms with van der Waals surface area (Å²) in [4.78, 5) is 10.7. The molecule has 2 aromatic heterocycles. The molecule has 2 heterocycles. The van der Waals surface area contributed by atoms with Gasteiger partial charge in [-0.25, -0.2) is 9.97 Å². The van der Waals surface area contributed by atoms with E-state index >= 15 is 0 Å². The molecular formula is C52H30N2O. The Bertz CT molecular complexity index is 3280. The number of aromatic nitrogens is 2. The number of benzene rings is 9. The Kier molecular flexibility index (Phi) is 6.34. The van der Waals surface area contributed by atoms with Crippen LogP contribution in [0.1, 0.15) is 0 Å². The Morgan fingerprint density at radius 1 is 0.327 bits per heavy atom. The predicted molar refractivity (Wildman–Crippen MR) is 228 cm³/mol. The lowest BCUT2D eigenvalue weighted by atomic mass is 9.89. The number of para-hydroxylation sites is 1. The van der Waals surface area contributed by atoms with Crippen molar-refractivity contribution in [2.24, 2.45) is 0 Å². The highest BCUT2D eigenvalue weighted by Crippen LogP contribution is 2.55. The highest BCUT2D eigenvalue weighted by atomic mass is 16.3. The average molecular weight is 699 g/mol. The standard InChI is InChI=1S/C52H30N2O/c1-3-20-36-31(12-1)14-8-23-38(36)45-30-44(53-52(54-45)39-24-9-15-32-13-2-4-21-37(32)39)35-19-7-18-34(28-35)43-29-47-50(40-22-5-6-27-46(40)55-47)51-42-26-11-17-33-16-10-25-41(48(33)42)49(43)51/h1-30H. The van der Waals surface area contributed by atoms with Gasteiger partial charge in [-0.05, 0) is 84.4 Å². The Morgan fingerprint density at radius 2 is 0.891 bits per heavy atom. The van der Waals surface area contributed by atoms with Gasteiger partial charge in [-0.15, -0.1) is 0 Å². The molecule has 0 saturated heterocycles. The van der Waals surface area contributed by atoms with Crippen molar-refractivity contribution in [3.8, 4) is 67.3 Å². The lowest BCUT2D eigenvalue weighted by molar-refractivity contribution is 0.669. The monoisotopic (exact) mass is 698 g/mol. The predicted octanol–water partition coefficient (Wildman–Crippen LogP) is 14.2. The van der Waals surface area contributed by atoms with Crippen LogP contribution in [0.15, 0.2) is 186 Å². The van der Waals surface area contributed by atoms with Crippen LogP contribution < -0.4 is 0 Å². The maximum Gasteiger partial charge on any atom is 0.161 e. The topological polar surface area (TPSA) is 38.9 Å². The van der Waals surface area contributed by atoms with Crippen LogP contribution in [0, 0.1) is 0 Å². The summed E-state index contributed by atoms with van der Waals surface area (Å²) in [6.07, 6.45) is 0. The molecule has 0 atom stereocenters. The SMILES string of the molecule is c1cc(-c2cc(-c3cccc4ccccc34)nc(-c3cccc4ccccc34)n2)cc(-c2cc3oc4ccccc4c3c3c2-c2cccc4cccc-3c24)c1. The highest BCUT2D eigenvalue weighted by Gasteiger charge is 2.29. The molecule has 0 saturated carbocycles. The largest absolute Gasteiger partial charge is 0.456 e. The zero-order valence-corrected chi connectivity index (χ0v) is 29.6. The van der Waals surface area contributed by atoms with Crippen molar-refractivity contribution in [1.29, 1.82) is 0 Å². The van der Waals surface area contributed by atoms with Crippen LogP contribution >= 0.6 is 0 Å². The summed E-state index contributed by atoms with van der Waals surface area (Å²) in [6, 6.07) is 64.8. The van der Waals surface area contributed by atoms with Crippen molar-refractivity contribution in [3.05, 3.63) is 182 Å². The van der Waals surface area contributed by atoms with E-state index in [-0.39, 0.29) is 0 Å². The van der Waals surface area contributed by atoms with Crippen LogP contribution in [0.4, 0.5) is 0 Å². The molecule has 12 rings (SSSR count). The maximum absolute atomic E-state index is 6.63. The van der Waals surface area contributed by atoms with Crippen molar-refractivity contribution in [2.75, 3.05) is 0 Å². The molecule has 0 aliphatic heterocycles. The van der Waals surface area contributed by atoms with E-state index in [2.05, 4.69) is 176 Å². The zero-order valence-electron chi connectivity index (χ0n) is 29.6. The van der Waals surface area contributed by atoms with E-state index in [9.17, 15) is 0 Å². The molecule has 0 unspecified atom stereocenters. The Labute approximate surface area is 316 Å². The quantitative estimate of drug-likeness (QED) is 0.184. The van der Waals surface area contributed by atoms with E-state index in [1.807, 2.05) is 6.07 Å². The summed E-state index contributed by atoms with van der Waals surface area (Å²) >= 11 is 0. The summed E-state index contributed by atoms with van der Waals surface area (Å²) in [5, 5.41) is 9.48. The van der Waals surface area contributed by atoms with Gasteiger partial charge in [0.15, 0.2) is 5.82 Å². The lowest BCUT2D eigenvalue weighted by Crippen LogP contribution is -1.97. The minimum atomic E-state index is 0.703. The Balaban J connectivity index is 1.11. The highest BCUT2D eigenvalue weighted by molar-refractivity contribution is 6.28. The van der Waals surface area contributed by atoms with Crippen LogP contribution in [-0.2, 0) is 0 Å². The van der Waals surface area contributed by atoms with Gasteiger partial charge in [0, 0.05) is 33.0 Å². The van der Waals surface area contributed by atoms with Gasteiger partial charge in [0.05, 0.1) is 11.4 Å². The molecule has 1 aliphatic rings. The summed E-state index contributed by atoms with van der Waals surface area (Å²) in [7, 11) is 0. The molecule has 0 spiro atoms. The first-order valence-electron chi connectivity index (χ1n) is 18.7. The third-order valence-corrected chi connectivity index (χ3v) is 11.4. The number of furan rings is 1. The van der Waals surface area contributed by atoms with Gasteiger partial charge in [0.2, 0.25) is 0 Å². The van der Waals surface area contributed by atoms with Gasteiger partial charge in [-0.2, -0.15) is 0 Å². The summed E-state index contributed by atoms with van der Waals surface area (Å²) in [6.45, 7) is 0. The molecule has 9 aromatic carbocycles. The minimum Gasteiger partial charge on any atom is -0.456 e. The molecule has 0 amide bonds. The van der Waals surface area contributed by atoms with E-state index in [0.717, 1.165) is 71.9 Å². The molecule has 1 aliphatic carbocycles. The van der Waals surface area contributed by atoms with Crippen LogP contribution in [-0.4, -0.2) is 9.97 Å². The van der Waals surface area contributed by atoms with E-state index in [1.54, 1.807) is 0 Å². The molecule has 3 nitrogen and oxygen atoms in total. The summed E-state index contributed by atoms with van der Waals surface area (Å²) < 4.78 is 6.63. The summed E-state index contributed by atoms with van der Waals surface area (Å²) in [5.41, 5.74) is 13.9. The lowest BCUT2D eigenvalue weighted by Gasteiger charge is -2.15. The normalized spacial score (nSPS) is 12.0. The van der Waals surface area contributed by atoms with E-state index in [0.29, 0.717) is 5.82 Å². The molecule has 3 heteroatoms. The van der Waals surface area contributed by atoms with Gasteiger partial charge in [-0.3, -0.25) is 0 Å². The van der Waals surface area contributed by atoms with Crippen LogP contribution in [0.2, 0.25) is 0 Å². The second-order valence-corrected chi connectivity index (χ2v) is 14.5. The van der Waals surface area contributed by atoms with Crippen molar-refractivity contribution in [1.82, 2.24) is 9.97 Å².